The zero-order valence-corrected chi connectivity index (χ0v) is 20.3. The maximum atomic E-state index is 15.2. The second kappa shape index (κ2) is 8.44. The second-order valence-corrected chi connectivity index (χ2v) is 11.2. The van der Waals surface area contributed by atoms with Crippen LogP contribution in [0.5, 0.6) is 0 Å². The van der Waals surface area contributed by atoms with Crippen LogP contribution in [0.15, 0.2) is 58.6 Å². The van der Waals surface area contributed by atoms with E-state index in [1.54, 1.807) is 24.3 Å². The highest BCUT2D eigenvalue weighted by atomic mass is 19.1. The van der Waals surface area contributed by atoms with Crippen LogP contribution in [0, 0.1) is 52.6 Å². The Morgan fingerprint density at radius 1 is 0.946 bits per heavy atom. The molecule has 5 nitrogen and oxygen atoms in total. The van der Waals surface area contributed by atoms with Crippen LogP contribution in [0.3, 0.4) is 0 Å². The van der Waals surface area contributed by atoms with Gasteiger partial charge in [0.25, 0.3) is 5.91 Å². The first-order valence-corrected chi connectivity index (χ1v) is 13.1. The molecule has 4 aliphatic carbocycles. The largest absolute Gasteiger partial charge is 0.272 e. The summed E-state index contributed by atoms with van der Waals surface area (Å²) in [6, 6.07) is 12.7. The lowest BCUT2D eigenvalue weighted by molar-refractivity contribution is -0.132. The number of carbonyl (C=O) groups excluding carboxylic acids is 1. The van der Waals surface area contributed by atoms with Gasteiger partial charge in [-0.15, -0.1) is 0 Å². The van der Waals surface area contributed by atoms with Crippen LogP contribution in [0.25, 0.3) is 5.57 Å². The van der Waals surface area contributed by atoms with Crippen molar-refractivity contribution < 1.29 is 13.6 Å². The predicted octanol–water partition coefficient (Wildman–Crippen LogP) is 5.71. The van der Waals surface area contributed by atoms with Crippen molar-refractivity contribution in [3.63, 3.8) is 0 Å². The zero-order valence-electron chi connectivity index (χ0n) is 20.3. The number of nitriles is 1. The van der Waals surface area contributed by atoms with Crippen molar-refractivity contribution in [2.75, 3.05) is 0 Å². The maximum absolute atomic E-state index is 15.2. The van der Waals surface area contributed by atoms with Gasteiger partial charge in [-0.1, -0.05) is 12.1 Å². The topological polar surface area (TPSA) is 68.8 Å². The molecular formula is C30H26F2N4O. The van der Waals surface area contributed by atoms with Gasteiger partial charge in [0.1, 0.15) is 11.6 Å². The number of hydrogen-bond donors (Lipinski definition) is 0. The first kappa shape index (κ1) is 22.5. The van der Waals surface area contributed by atoms with Crippen molar-refractivity contribution in [2.24, 2.45) is 39.7 Å². The predicted molar refractivity (Wildman–Crippen MR) is 135 cm³/mol. The number of allylic oxidation sites excluding steroid dienone is 1. The summed E-state index contributed by atoms with van der Waals surface area (Å²) in [7, 11) is 0. The van der Waals surface area contributed by atoms with E-state index in [1.165, 1.54) is 23.6 Å². The van der Waals surface area contributed by atoms with E-state index in [1.807, 2.05) is 6.08 Å². The molecule has 1 unspecified atom stereocenters. The molecule has 7 heteroatoms. The fourth-order valence-corrected chi connectivity index (χ4v) is 7.73. The summed E-state index contributed by atoms with van der Waals surface area (Å²) in [4.78, 5) is 18.2. The van der Waals surface area contributed by atoms with E-state index in [4.69, 9.17) is 15.4 Å². The smallest absolute Gasteiger partial charge is 0.251 e. The Kier molecular flexibility index (Phi) is 5.14. The molecule has 2 heterocycles. The van der Waals surface area contributed by atoms with Gasteiger partial charge in [0, 0.05) is 23.1 Å². The Hall–Kier alpha value is -3.66. The van der Waals surface area contributed by atoms with Gasteiger partial charge >= 0.3 is 0 Å². The quantitative estimate of drug-likeness (QED) is 0.546. The van der Waals surface area contributed by atoms with Crippen molar-refractivity contribution in [1.29, 1.82) is 5.26 Å². The average molecular weight is 497 g/mol. The summed E-state index contributed by atoms with van der Waals surface area (Å²) in [5.74, 6) is 1.25. The van der Waals surface area contributed by atoms with E-state index in [0.717, 1.165) is 54.9 Å². The number of amides is 1. The molecule has 0 aromatic heterocycles. The van der Waals surface area contributed by atoms with Crippen LogP contribution in [0.1, 0.15) is 55.2 Å². The Morgan fingerprint density at radius 2 is 1.65 bits per heavy atom. The molecule has 37 heavy (non-hydrogen) atoms. The highest BCUT2D eigenvalue weighted by Crippen LogP contribution is 2.58. The molecule has 0 radical (unpaired) electrons. The Morgan fingerprint density at radius 3 is 2.30 bits per heavy atom. The molecule has 1 amide bonds. The van der Waals surface area contributed by atoms with Gasteiger partial charge in [0.15, 0.2) is 6.17 Å². The van der Waals surface area contributed by atoms with Gasteiger partial charge in [-0.05, 0) is 91.7 Å². The van der Waals surface area contributed by atoms with Gasteiger partial charge in [-0.3, -0.25) is 9.79 Å². The normalized spacial score (nSPS) is 31.9. The van der Waals surface area contributed by atoms with Gasteiger partial charge in [-0.25, -0.2) is 13.8 Å². The molecule has 186 valence electrons. The molecule has 8 rings (SSSR count). The van der Waals surface area contributed by atoms with Gasteiger partial charge in [0.2, 0.25) is 0 Å². The monoisotopic (exact) mass is 496 g/mol. The molecule has 0 saturated heterocycles. The SMILES string of the molecule is N#Cc1ccc(C2=NC3C=C(c4ccc(F)cc4F)C(C4C5CC6CC(C5)CC4C6)=NN3C(=O)C2)cc1. The van der Waals surface area contributed by atoms with Crippen LogP contribution >= 0.6 is 0 Å². The third-order valence-corrected chi connectivity index (χ3v) is 9.03. The van der Waals surface area contributed by atoms with E-state index in [9.17, 15) is 9.18 Å². The number of carbonyl (C=O) groups is 1. The summed E-state index contributed by atoms with van der Waals surface area (Å²) in [6.07, 6.45) is 7.21. The minimum atomic E-state index is -0.702. The first-order chi connectivity index (χ1) is 18.0. The molecule has 2 aromatic carbocycles. The van der Waals surface area contributed by atoms with Crippen molar-refractivity contribution >= 4 is 22.9 Å². The lowest BCUT2D eigenvalue weighted by atomic mass is 9.50. The minimum absolute atomic E-state index is 0.106. The molecule has 0 N–H and O–H groups in total. The number of fused-ring (bicyclic) bond motifs is 1. The van der Waals surface area contributed by atoms with E-state index >= 15 is 4.39 Å². The molecule has 4 bridgehead atoms. The lowest BCUT2D eigenvalue weighted by Gasteiger charge is -2.55. The van der Waals surface area contributed by atoms with Crippen LogP contribution in [-0.2, 0) is 4.79 Å². The lowest BCUT2D eigenvalue weighted by Crippen LogP contribution is -2.50. The molecule has 1 atom stereocenters. The molecule has 4 fully saturated rings. The minimum Gasteiger partial charge on any atom is -0.272 e. The Balaban J connectivity index is 1.32. The summed E-state index contributed by atoms with van der Waals surface area (Å²) in [5, 5.41) is 15.5. The Bertz CT molecular complexity index is 1410. The van der Waals surface area contributed by atoms with Crippen molar-refractivity contribution in [2.45, 2.75) is 44.7 Å². The highest BCUT2D eigenvalue weighted by molar-refractivity contribution is 6.26. The molecule has 0 spiro atoms. The standard InChI is InChI=1S/C30H26F2N4O/c31-22-5-6-23(25(32)12-22)24-13-27-34-26(19-3-1-16(15-33)2-4-19)14-28(37)36(27)35-30(24)29-20-8-17-7-18(10-20)11-21(29)9-17/h1-6,12-13,17-18,20-21,27,29H,7-11,14H2. The van der Waals surface area contributed by atoms with Gasteiger partial charge in [-0.2, -0.15) is 10.4 Å². The van der Waals surface area contributed by atoms with Crippen LogP contribution in [0.2, 0.25) is 0 Å². The van der Waals surface area contributed by atoms with E-state index in [0.29, 0.717) is 34.2 Å². The van der Waals surface area contributed by atoms with Gasteiger partial charge in [0.05, 0.1) is 29.5 Å². The number of rotatable bonds is 3. The van der Waals surface area contributed by atoms with E-state index < -0.39 is 17.8 Å². The second-order valence-electron chi connectivity index (χ2n) is 11.2. The fraction of sp³-hybridized carbons (Fsp3) is 0.400. The van der Waals surface area contributed by atoms with Crippen molar-refractivity contribution in [3.8, 4) is 6.07 Å². The summed E-state index contributed by atoms with van der Waals surface area (Å²) in [6.45, 7) is 0. The molecule has 6 aliphatic rings. The number of hydrazone groups is 1. The first-order valence-electron chi connectivity index (χ1n) is 13.1. The Labute approximate surface area is 214 Å². The average Bonchev–Trinajstić information content (AvgIpc) is 2.88. The van der Waals surface area contributed by atoms with E-state index in [-0.39, 0.29) is 18.2 Å². The fourth-order valence-electron chi connectivity index (χ4n) is 7.73. The molecular weight excluding hydrogens is 470 g/mol. The zero-order chi connectivity index (χ0) is 25.3. The summed E-state index contributed by atoms with van der Waals surface area (Å²) < 4.78 is 29.0. The number of aliphatic imine (C=N–C) groups is 1. The third kappa shape index (κ3) is 3.73. The number of halogens is 2. The van der Waals surface area contributed by atoms with Crippen LogP contribution < -0.4 is 0 Å². The third-order valence-electron chi connectivity index (χ3n) is 9.03. The molecule has 2 aliphatic heterocycles. The summed E-state index contributed by atoms with van der Waals surface area (Å²) >= 11 is 0. The number of hydrogen-bond acceptors (Lipinski definition) is 4. The molecule has 2 aromatic rings. The molecule has 4 saturated carbocycles. The summed E-state index contributed by atoms with van der Waals surface area (Å²) in [5.41, 5.74) is 3.62. The highest BCUT2D eigenvalue weighted by Gasteiger charge is 2.51. The maximum Gasteiger partial charge on any atom is 0.251 e. The van der Waals surface area contributed by atoms with Crippen LogP contribution in [-0.4, -0.2) is 28.5 Å². The van der Waals surface area contributed by atoms with Crippen molar-refractivity contribution in [3.05, 3.63) is 76.9 Å². The number of benzene rings is 2. The van der Waals surface area contributed by atoms with E-state index in [2.05, 4.69) is 6.07 Å². The van der Waals surface area contributed by atoms with Crippen molar-refractivity contribution in [1.82, 2.24) is 5.01 Å². The van der Waals surface area contributed by atoms with Gasteiger partial charge < -0.3 is 0 Å². The van der Waals surface area contributed by atoms with Crippen LogP contribution in [0.4, 0.5) is 8.78 Å². The number of nitrogens with zero attached hydrogens (tertiary/aromatic N) is 4.